The van der Waals surface area contributed by atoms with Gasteiger partial charge in [-0.1, -0.05) is 65.7 Å². The number of unbranched alkanes of at least 4 members (excludes halogenated alkanes) is 6. The smallest absolute Gasteiger partial charge is 0.311 e. The first-order chi connectivity index (χ1) is 11.7. The van der Waals surface area contributed by atoms with E-state index >= 15 is 0 Å². The van der Waals surface area contributed by atoms with E-state index in [2.05, 4.69) is 20.8 Å². The van der Waals surface area contributed by atoms with Gasteiger partial charge in [-0.3, -0.25) is 9.59 Å². The molecular weight excluding hydrogens is 302 g/mol. The Hall–Kier alpha value is -1.06. The van der Waals surface area contributed by atoms with Crippen LogP contribution in [0.5, 0.6) is 0 Å². The first-order valence-corrected chi connectivity index (χ1v) is 10.1. The molecule has 1 fully saturated rings. The highest BCUT2D eigenvalue weighted by atomic mass is 16.5. The number of hydrogen-bond acceptors (Lipinski definition) is 3. The number of rotatable bonds is 13. The molecule has 0 bridgehead atoms. The van der Waals surface area contributed by atoms with E-state index in [1.54, 1.807) is 0 Å². The molecule has 0 radical (unpaired) electrons. The maximum absolute atomic E-state index is 12.6. The summed E-state index contributed by atoms with van der Waals surface area (Å²) in [5, 5.41) is 0. The fraction of sp³-hybridized carbons (Fsp3) is 0.900. The molecule has 1 rings (SSSR count). The monoisotopic (exact) mass is 339 g/mol. The van der Waals surface area contributed by atoms with E-state index in [-0.39, 0.29) is 23.7 Å². The topological polar surface area (TPSA) is 46.6 Å². The van der Waals surface area contributed by atoms with Gasteiger partial charge in [0.2, 0.25) is 5.91 Å². The van der Waals surface area contributed by atoms with Gasteiger partial charge in [0.05, 0.1) is 18.4 Å². The fourth-order valence-electron chi connectivity index (χ4n) is 3.38. The first kappa shape index (κ1) is 21.0. The number of carbonyl (C=O) groups is 2. The lowest BCUT2D eigenvalue weighted by atomic mass is 9.90. The molecule has 0 aromatic carbocycles. The minimum absolute atomic E-state index is 0.154. The summed E-state index contributed by atoms with van der Waals surface area (Å²) in [6.07, 6.45) is 10.7. The molecule has 0 aliphatic carbocycles. The largest absolute Gasteiger partial charge is 0.465 e. The SMILES string of the molecule is CCCCCCCOC(=O)C1CN(CCCC)C(=O)C1CCCC. The van der Waals surface area contributed by atoms with Gasteiger partial charge in [-0.25, -0.2) is 0 Å². The summed E-state index contributed by atoms with van der Waals surface area (Å²) in [6.45, 7) is 8.28. The second-order valence-electron chi connectivity index (χ2n) is 7.07. The number of esters is 1. The van der Waals surface area contributed by atoms with E-state index in [1.165, 1.54) is 19.3 Å². The van der Waals surface area contributed by atoms with Crippen molar-refractivity contribution in [1.82, 2.24) is 4.90 Å². The molecule has 4 nitrogen and oxygen atoms in total. The summed E-state index contributed by atoms with van der Waals surface area (Å²) < 4.78 is 5.50. The molecule has 140 valence electrons. The molecule has 0 spiro atoms. The first-order valence-electron chi connectivity index (χ1n) is 10.1. The Morgan fingerprint density at radius 3 is 2.33 bits per heavy atom. The molecule has 0 N–H and O–H groups in total. The van der Waals surface area contributed by atoms with Gasteiger partial charge in [0.15, 0.2) is 0 Å². The lowest BCUT2D eigenvalue weighted by molar-refractivity contribution is -0.150. The van der Waals surface area contributed by atoms with Gasteiger partial charge in [-0.15, -0.1) is 0 Å². The van der Waals surface area contributed by atoms with E-state index in [9.17, 15) is 9.59 Å². The number of likely N-dealkylation sites (tertiary alicyclic amines) is 1. The minimum atomic E-state index is -0.253. The number of amides is 1. The van der Waals surface area contributed by atoms with Crippen molar-refractivity contribution >= 4 is 11.9 Å². The highest BCUT2D eigenvalue weighted by molar-refractivity contribution is 5.89. The maximum atomic E-state index is 12.6. The van der Waals surface area contributed by atoms with Crippen molar-refractivity contribution in [3.8, 4) is 0 Å². The third-order valence-electron chi connectivity index (χ3n) is 4.98. The quantitative estimate of drug-likeness (QED) is 0.365. The van der Waals surface area contributed by atoms with Crippen LogP contribution in [0.2, 0.25) is 0 Å². The Kier molecular flexibility index (Phi) is 10.8. The van der Waals surface area contributed by atoms with E-state index in [0.29, 0.717) is 13.2 Å². The average Bonchev–Trinajstić information content (AvgIpc) is 2.90. The van der Waals surface area contributed by atoms with E-state index in [1.807, 2.05) is 4.90 Å². The van der Waals surface area contributed by atoms with Crippen molar-refractivity contribution in [2.24, 2.45) is 11.8 Å². The number of carbonyl (C=O) groups excluding carboxylic acids is 2. The van der Waals surface area contributed by atoms with Gasteiger partial charge in [0.1, 0.15) is 0 Å². The van der Waals surface area contributed by atoms with Crippen LogP contribution < -0.4 is 0 Å². The zero-order chi connectivity index (χ0) is 17.8. The summed E-state index contributed by atoms with van der Waals surface area (Å²) in [7, 11) is 0. The van der Waals surface area contributed by atoms with Gasteiger partial charge < -0.3 is 9.64 Å². The summed E-state index contributed by atoms with van der Waals surface area (Å²) in [5.74, 6) is -0.397. The molecule has 1 amide bonds. The van der Waals surface area contributed by atoms with Crippen LogP contribution in [0.15, 0.2) is 0 Å². The fourth-order valence-corrected chi connectivity index (χ4v) is 3.38. The maximum Gasteiger partial charge on any atom is 0.311 e. The predicted molar refractivity (Wildman–Crippen MR) is 97.7 cm³/mol. The second-order valence-corrected chi connectivity index (χ2v) is 7.07. The van der Waals surface area contributed by atoms with Crippen LogP contribution in [0.4, 0.5) is 0 Å². The van der Waals surface area contributed by atoms with Crippen molar-refractivity contribution in [3.63, 3.8) is 0 Å². The van der Waals surface area contributed by atoms with Gasteiger partial charge in [-0.05, 0) is 19.3 Å². The van der Waals surface area contributed by atoms with Gasteiger partial charge in [0.25, 0.3) is 0 Å². The third-order valence-corrected chi connectivity index (χ3v) is 4.98. The highest BCUT2D eigenvalue weighted by Gasteiger charge is 2.44. The second kappa shape index (κ2) is 12.3. The Bertz CT molecular complexity index is 370. The molecule has 0 aromatic heterocycles. The summed E-state index contributed by atoms with van der Waals surface area (Å²) in [6, 6.07) is 0. The van der Waals surface area contributed by atoms with Gasteiger partial charge in [-0.2, -0.15) is 0 Å². The molecule has 2 unspecified atom stereocenters. The summed E-state index contributed by atoms with van der Waals surface area (Å²) in [5.41, 5.74) is 0. The van der Waals surface area contributed by atoms with Crippen molar-refractivity contribution in [2.75, 3.05) is 19.7 Å². The molecule has 1 heterocycles. The van der Waals surface area contributed by atoms with Crippen LogP contribution >= 0.6 is 0 Å². The van der Waals surface area contributed by atoms with Crippen LogP contribution in [-0.2, 0) is 14.3 Å². The molecule has 1 aliphatic heterocycles. The van der Waals surface area contributed by atoms with Crippen LogP contribution in [-0.4, -0.2) is 36.5 Å². The summed E-state index contributed by atoms with van der Waals surface area (Å²) >= 11 is 0. The van der Waals surface area contributed by atoms with Crippen LogP contribution in [0, 0.1) is 11.8 Å². The number of hydrogen-bond donors (Lipinski definition) is 0. The van der Waals surface area contributed by atoms with Crippen LogP contribution in [0.1, 0.15) is 85.0 Å². The molecule has 1 saturated heterocycles. The third kappa shape index (κ3) is 6.82. The Morgan fingerprint density at radius 1 is 1.00 bits per heavy atom. The van der Waals surface area contributed by atoms with E-state index in [4.69, 9.17) is 4.74 Å². The standard InChI is InChI=1S/C20H37NO3/c1-4-7-10-11-12-15-24-20(23)18-16-21(14-9-6-3)19(22)17(18)13-8-5-2/h17-18H,4-16H2,1-3H3. The number of nitrogens with zero attached hydrogens (tertiary/aromatic N) is 1. The van der Waals surface area contributed by atoms with Crippen molar-refractivity contribution in [1.29, 1.82) is 0 Å². The van der Waals surface area contributed by atoms with E-state index < -0.39 is 0 Å². The van der Waals surface area contributed by atoms with Gasteiger partial charge in [0, 0.05) is 13.1 Å². The van der Waals surface area contributed by atoms with Crippen LogP contribution in [0.3, 0.4) is 0 Å². The van der Waals surface area contributed by atoms with Crippen molar-refractivity contribution < 1.29 is 14.3 Å². The molecule has 1 aliphatic rings. The van der Waals surface area contributed by atoms with Crippen molar-refractivity contribution in [3.05, 3.63) is 0 Å². The van der Waals surface area contributed by atoms with Gasteiger partial charge >= 0.3 is 5.97 Å². The Labute approximate surface area is 148 Å². The average molecular weight is 340 g/mol. The molecule has 2 atom stereocenters. The summed E-state index contributed by atoms with van der Waals surface area (Å²) in [4.78, 5) is 27.0. The Balaban J connectivity index is 2.47. The molecule has 0 aromatic rings. The normalized spacial score (nSPS) is 20.6. The lowest BCUT2D eigenvalue weighted by Crippen LogP contribution is -2.28. The minimum Gasteiger partial charge on any atom is -0.465 e. The predicted octanol–water partition coefficient (Wildman–Crippen LogP) is 4.56. The van der Waals surface area contributed by atoms with Crippen LogP contribution in [0.25, 0.3) is 0 Å². The van der Waals surface area contributed by atoms with Crippen molar-refractivity contribution in [2.45, 2.75) is 85.0 Å². The highest BCUT2D eigenvalue weighted by Crippen LogP contribution is 2.30. The van der Waals surface area contributed by atoms with E-state index in [0.717, 1.165) is 51.5 Å². The Morgan fingerprint density at radius 2 is 1.67 bits per heavy atom. The zero-order valence-corrected chi connectivity index (χ0v) is 16.0. The molecule has 0 saturated carbocycles. The molecule has 4 heteroatoms. The lowest BCUT2D eigenvalue weighted by Gasteiger charge is -2.15. The number of ether oxygens (including phenoxy) is 1. The molecule has 24 heavy (non-hydrogen) atoms. The molecular formula is C20H37NO3. The zero-order valence-electron chi connectivity index (χ0n) is 16.0.